The Hall–Kier alpha value is -2.58. The molecular weight excluding hydrogens is 374 g/mol. The summed E-state index contributed by atoms with van der Waals surface area (Å²) in [5.41, 5.74) is 2.02. The Kier molecular flexibility index (Phi) is 6.53. The molecule has 2 aromatic rings. The normalized spacial score (nSPS) is 17.6. The van der Waals surface area contributed by atoms with Crippen LogP contribution in [0, 0.1) is 0 Å². The molecule has 2 aromatic carbocycles. The number of primary sulfonamides is 1. The first-order chi connectivity index (χ1) is 13.5. The number of guanidine groups is 1. The quantitative estimate of drug-likeness (QED) is 0.505. The van der Waals surface area contributed by atoms with Crippen molar-refractivity contribution in [1.82, 2.24) is 10.6 Å². The van der Waals surface area contributed by atoms with Crippen LogP contribution >= 0.6 is 0 Å². The molecule has 3 rings (SSSR count). The van der Waals surface area contributed by atoms with E-state index in [0.717, 1.165) is 37.6 Å². The van der Waals surface area contributed by atoms with E-state index in [2.05, 4.69) is 44.8 Å². The minimum Gasteiger partial charge on any atom is -0.369 e. The third-order valence-corrected chi connectivity index (χ3v) is 5.55. The second kappa shape index (κ2) is 9.07. The van der Waals surface area contributed by atoms with Crippen LogP contribution < -0.4 is 20.7 Å². The van der Waals surface area contributed by atoms with Crippen LogP contribution in [0.2, 0.25) is 0 Å². The van der Waals surface area contributed by atoms with E-state index in [-0.39, 0.29) is 4.90 Å². The molecule has 150 valence electrons. The maximum atomic E-state index is 11.5. The third kappa shape index (κ3) is 5.46. The Labute approximate surface area is 166 Å². The molecule has 1 unspecified atom stereocenters. The Balaban J connectivity index is 1.64. The maximum Gasteiger partial charge on any atom is 0.238 e. The average Bonchev–Trinajstić information content (AvgIpc) is 3.15. The second-order valence-electron chi connectivity index (χ2n) is 6.80. The van der Waals surface area contributed by atoms with E-state index in [1.54, 1.807) is 12.1 Å². The van der Waals surface area contributed by atoms with Crippen molar-refractivity contribution in [2.75, 3.05) is 24.5 Å². The minimum atomic E-state index is -3.71. The zero-order valence-electron chi connectivity index (χ0n) is 16.0. The Morgan fingerprint density at radius 3 is 2.71 bits per heavy atom. The average molecular weight is 402 g/mol. The molecule has 0 radical (unpaired) electrons. The van der Waals surface area contributed by atoms with Gasteiger partial charge in [0.15, 0.2) is 5.96 Å². The topological polar surface area (TPSA) is 99.8 Å². The van der Waals surface area contributed by atoms with Crippen molar-refractivity contribution in [2.24, 2.45) is 10.1 Å². The Morgan fingerprint density at radius 1 is 1.21 bits per heavy atom. The number of anilines is 1. The smallest absolute Gasteiger partial charge is 0.238 e. The highest BCUT2D eigenvalue weighted by Crippen LogP contribution is 2.19. The minimum absolute atomic E-state index is 0.104. The van der Waals surface area contributed by atoms with Crippen molar-refractivity contribution in [3.8, 4) is 0 Å². The summed E-state index contributed by atoms with van der Waals surface area (Å²) in [7, 11) is -3.71. The standard InChI is InChI=1S/C20H27N5O2S/c1-2-22-20(23-14-16-7-6-10-19(13-16)28(21,26)27)24-17-11-12-25(15-17)18-8-4-3-5-9-18/h3-10,13,17H,2,11-12,14-15H2,1H3,(H2,21,26,27)(H2,22,23,24). The van der Waals surface area contributed by atoms with Crippen LogP contribution in [0.25, 0.3) is 0 Å². The van der Waals surface area contributed by atoms with E-state index in [1.807, 2.05) is 19.1 Å². The van der Waals surface area contributed by atoms with Crippen molar-refractivity contribution in [2.45, 2.75) is 30.8 Å². The summed E-state index contributed by atoms with van der Waals surface area (Å²) >= 11 is 0. The van der Waals surface area contributed by atoms with Crippen LogP contribution in [-0.2, 0) is 16.6 Å². The van der Waals surface area contributed by atoms with Gasteiger partial charge in [0.25, 0.3) is 0 Å². The molecule has 1 aliphatic heterocycles. The highest BCUT2D eigenvalue weighted by atomic mass is 32.2. The number of sulfonamides is 1. The first kappa shape index (κ1) is 20.2. The Morgan fingerprint density at radius 2 is 2.00 bits per heavy atom. The number of hydrogen-bond donors (Lipinski definition) is 3. The monoisotopic (exact) mass is 401 g/mol. The first-order valence-corrected chi connectivity index (χ1v) is 11.0. The molecule has 0 spiro atoms. The van der Waals surface area contributed by atoms with Crippen LogP contribution in [0.4, 0.5) is 5.69 Å². The number of nitrogens with two attached hydrogens (primary N) is 1. The van der Waals surface area contributed by atoms with Crippen molar-refractivity contribution in [1.29, 1.82) is 0 Å². The molecular formula is C20H27N5O2S. The molecule has 0 amide bonds. The largest absolute Gasteiger partial charge is 0.369 e. The molecule has 28 heavy (non-hydrogen) atoms. The van der Waals surface area contributed by atoms with E-state index in [0.29, 0.717) is 12.6 Å². The molecule has 1 saturated heterocycles. The zero-order chi connectivity index (χ0) is 20.0. The number of benzene rings is 2. The second-order valence-corrected chi connectivity index (χ2v) is 8.36. The van der Waals surface area contributed by atoms with E-state index in [1.165, 1.54) is 11.8 Å². The van der Waals surface area contributed by atoms with Crippen LogP contribution in [0.1, 0.15) is 18.9 Å². The van der Waals surface area contributed by atoms with Gasteiger partial charge in [-0.3, -0.25) is 0 Å². The van der Waals surface area contributed by atoms with Crippen LogP contribution in [-0.4, -0.2) is 40.1 Å². The van der Waals surface area contributed by atoms with Crippen molar-refractivity contribution >= 4 is 21.7 Å². The van der Waals surface area contributed by atoms with Gasteiger partial charge in [-0.25, -0.2) is 18.5 Å². The summed E-state index contributed by atoms with van der Waals surface area (Å²) in [5, 5.41) is 11.9. The van der Waals surface area contributed by atoms with Crippen LogP contribution in [0.15, 0.2) is 64.5 Å². The maximum absolute atomic E-state index is 11.5. The highest BCUT2D eigenvalue weighted by Gasteiger charge is 2.23. The molecule has 8 heteroatoms. The fourth-order valence-corrected chi connectivity index (χ4v) is 3.84. The summed E-state index contributed by atoms with van der Waals surface area (Å²) in [6.45, 7) is 5.04. The lowest BCUT2D eigenvalue weighted by molar-refractivity contribution is 0.597. The molecule has 0 saturated carbocycles. The number of nitrogens with zero attached hydrogens (tertiary/aromatic N) is 2. The van der Waals surface area contributed by atoms with Gasteiger partial charge in [0, 0.05) is 31.4 Å². The predicted octanol–water partition coefficient (Wildman–Crippen LogP) is 1.67. The van der Waals surface area contributed by atoms with Gasteiger partial charge < -0.3 is 15.5 Å². The molecule has 0 aliphatic carbocycles. The molecule has 4 N–H and O–H groups in total. The van der Waals surface area contributed by atoms with Gasteiger partial charge in [-0.1, -0.05) is 30.3 Å². The Bertz CT molecular complexity index is 915. The molecule has 7 nitrogen and oxygen atoms in total. The number of nitrogens with one attached hydrogen (secondary N) is 2. The number of para-hydroxylation sites is 1. The van der Waals surface area contributed by atoms with E-state index < -0.39 is 10.0 Å². The summed E-state index contributed by atoms with van der Waals surface area (Å²) < 4.78 is 23.0. The van der Waals surface area contributed by atoms with Crippen LogP contribution in [0.3, 0.4) is 0 Å². The number of aliphatic imine (C=N–C) groups is 1. The van der Waals surface area contributed by atoms with Gasteiger partial charge in [0.05, 0.1) is 11.4 Å². The van der Waals surface area contributed by atoms with Gasteiger partial charge in [-0.05, 0) is 43.2 Å². The lowest BCUT2D eigenvalue weighted by Crippen LogP contribution is -2.44. The molecule has 0 bridgehead atoms. The van der Waals surface area contributed by atoms with E-state index >= 15 is 0 Å². The molecule has 1 fully saturated rings. The van der Waals surface area contributed by atoms with E-state index in [4.69, 9.17) is 5.14 Å². The first-order valence-electron chi connectivity index (χ1n) is 9.42. The summed E-state index contributed by atoms with van der Waals surface area (Å²) in [5.74, 6) is 0.725. The summed E-state index contributed by atoms with van der Waals surface area (Å²) in [6, 6.07) is 17.3. The summed E-state index contributed by atoms with van der Waals surface area (Å²) in [4.78, 5) is 7.07. The highest BCUT2D eigenvalue weighted by molar-refractivity contribution is 7.89. The summed E-state index contributed by atoms with van der Waals surface area (Å²) in [6.07, 6.45) is 1.03. The van der Waals surface area contributed by atoms with Crippen molar-refractivity contribution < 1.29 is 8.42 Å². The number of rotatable bonds is 6. The zero-order valence-corrected chi connectivity index (χ0v) is 16.8. The third-order valence-electron chi connectivity index (χ3n) is 4.64. The number of hydrogen-bond acceptors (Lipinski definition) is 4. The fourth-order valence-electron chi connectivity index (χ4n) is 3.26. The molecule has 0 aromatic heterocycles. The van der Waals surface area contributed by atoms with Gasteiger partial charge in [0.1, 0.15) is 0 Å². The van der Waals surface area contributed by atoms with Gasteiger partial charge in [-0.15, -0.1) is 0 Å². The van der Waals surface area contributed by atoms with E-state index in [9.17, 15) is 8.42 Å². The van der Waals surface area contributed by atoms with Crippen molar-refractivity contribution in [3.63, 3.8) is 0 Å². The van der Waals surface area contributed by atoms with Gasteiger partial charge in [0.2, 0.25) is 10.0 Å². The molecule has 1 atom stereocenters. The molecule has 1 aliphatic rings. The lowest BCUT2D eigenvalue weighted by atomic mass is 10.2. The van der Waals surface area contributed by atoms with Crippen molar-refractivity contribution in [3.05, 3.63) is 60.2 Å². The predicted molar refractivity (Wildman–Crippen MR) is 113 cm³/mol. The van der Waals surface area contributed by atoms with Gasteiger partial charge >= 0.3 is 0 Å². The molecule has 1 heterocycles. The van der Waals surface area contributed by atoms with Gasteiger partial charge in [-0.2, -0.15) is 0 Å². The van der Waals surface area contributed by atoms with Crippen LogP contribution in [0.5, 0.6) is 0 Å². The lowest BCUT2D eigenvalue weighted by Gasteiger charge is -2.20. The fraction of sp³-hybridized carbons (Fsp3) is 0.350. The SMILES string of the molecule is CCNC(=NCc1cccc(S(N)(=O)=O)c1)NC1CCN(c2ccccc2)C1.